The monoisotopic (exact) mass is 302 g/mol. The van der Waals surface area contributed by atoms with Crippen LogP contribution in [0.4, 0.5) is 5.69 Å². The van der Waals surface area contributed by atoms with Gasteiger partial charge in [0.1, 0.15) is 6.17 Å². The molecule has 0 saturated carbocycles. The highest BCUT2D eigenvalue weighted by atomic mass is 35.5. The second kappa shape index (κ2) is 4.56. The Morgan fingerprint density at radius 3 is 2.90 bits per heavy atom. The van der Waals surface area contributed by atoms with E-state index < -0.39 is 0 Å². The zero-order valence-electron chi connectivity index (χ0n) is 10.9. The Kier molecular flexibility index (Phi) is 2.68. The summed E-state index contributed by atoms with van der Waals surface area (Å²) in [6.45, 7) is 0.159. The molecule has 0 fully saturated rings. The predicted octanol–water partition coefficient (Wildman–Crippen LogP) is 2.92. The number of benzene rings is 2. The average Bonchev–Trinajstić information content (AvgIpc) is 2.96. The average molecular weight is 303 g/mol. The summed E-state index contributed by atoms with van der Waals surface area (Å²) >= 11 is 6.19. The second-order valence-electron chi connectivity index (χ2n) is 4.83. The third kappa shape index (κ3) is 1.97. The third-order valence-corrected chi connectivity index (χ3v) is 3.81. The fraction of sp³-hybridized carbons (Fsp3) is 0.133. The van der Waals surface area contributed by atoms with E-state index in [0.717, 1.165) is 11.3 Å². The first kappa shape index (κ1) is 12.3. The van der Waals surface area contributed by atoms with Crippen molar-refractivity contribution >= 4 is 23.2 Å². The van der Waals surface area contributed by atoms with Gasteiger partial charge in [-0.2, -0.15) is 0 Å². The van der Waals surface area contributed by atoms with Crippen molar-refractivity contribution in [2.75, 3.05) is 12.1 Å². The Hall–Kier alpha value is -2.40. The number of halogens is 1. The number of nitrogens with one attached hydrogen (secondary N) is 2. The lowest BCUT2D eigenvalue weighted by molar-refractivity contribution is 0.0935. The first-order chi connectivity index (χ1) is 10.2. The molecule has 0 radical (unpaired) electrons. The normalized spacial score (nSPS) is 18.7. The van der Waals surface area contributed by atoms with E-state index in [9.17, 15) is 4.79 Å². The van der Waals surface area contributed by atoms with E-state index in [2.05, 4.69) is 10.6 Å². The summed E-state index contributed by atoms with van der Waals surface area (Å²) in [7, 11) is 0. The molecule has 0 saturated heterocycles. The molecule has 2 aliphatic rings. The number of rotatable bonds is 1. The second-order valence-corrected chi connectivity index (χ2v) is 5.24. The smallest absolute Gasteiger partial charge is 0.255 e. The standard InChI is InChI=1S/C15H11ClN2O3/c16-10-5-8(6-12-13(10)21-7-20-12)14-17-11-4-2-1-3-9(11)15(19)18-14/h1-6,14,17H,7H2,(H,18,19)/t14-/m1/s1. The quantitative estimate of drug-likeness (QED) is 0.850. The lowest BCUT2D eigenvalue weighted by Gasteiger charge is -2.28. The van der Waals surface area contributed by atoms with Crippen LogP contribution in [0.25, 0.3) is 0 Å². The number of hydrogen-bond donors (Lipinski definition) is 2. The SMILES string of the molecule is O=C1N[C@H](c2cc(Cl)c3c(c2)OCO3)Nc2ccccc21. The van der Waals surface area contributed by atoms with Gasteiger partial charge in [-0.15, -0.1) is 0 Å². The molecule has 5 nitrogen and oxygen atoms in total. The van der Waals surface area contributed by atoms with Crippen LogP contribution in [0, 0.1) is 0 Å². The maximum Gasteiger partial charge on any atom is 0.255 e. The van der Waals surface area contributed by atoms with Gasteiger partial charge in [0.2, 0.25) is 6.79 Å². The maximum absolute atomic E-state index is 12.1. The van der Waals surface area contributed by atoms with E-state index in [1.165, 1.54) is 0 Å². The van der Waals surface area contributed by atoms with Gasteiger partial charge in [-0.3, -0.25) is 4.79 Å². The Morgan fingerprint density at radius 2 is 2.00 bits per heavy atom. The van der Waals surface area contributed by atoms with Gasteiger partial charge in [0.15, 0.2) is 11.5 Å². The van der Waals surface area contributed by atoms with Crippen molar-refractivity contribution in [3.05, 3.63) is 52.5 Å². The zero-order chi connectivity index (χ0) is 14.4. The van der Waals surface area contributed by atoms with Gasteiger partial charge in [-0.05, 0) is 29.8 Å². The van der Waals surface area contributed by atoms with E-state index in [4.69, 9.17) is 21.1 Å². The van der Waals surface area contributed by atoms with Crippen LogP contribution in [0.5, 0.6) is 11.5 Å². The fourth-order valence-corrected chi connectivity index (χ4v) is 2.80. The first-order valence-corrected chi connectivity index (χ1v) is 6.85. The van der Waals surface area contributed by atoms with Gasteiger partial charge in [0.05, 0.1) is 10.6 Å². The Balaban J connectivity index is 1.73. The van der Waals surface area contributed by atoms with Crippen LogP contribution in [-0.2, 0) is 0 Å². The maximum atomic E-state index is 12.1. The highest BCUT2D eigenvalue weighted by molar-refractivity contribution is 6.32. The Labute approximate surface area is 125 Å². The summed E-state index contributed by atoms with van der Waals surface area (Å²) in [6, 6.07) is 10.9. The number of anilines is 1. The van der Waals surface area contributed by atoms with Crippen LogP contribution in [-0.4, -0.2) is 12.7 Å². The van der Waals surface area contributed by atoms with E-state index in [1.807, 2.05) is 24.3 Å². The van der Waals surface area contributed by atoms with Crippen molar-refractivity contribution in [2.45, 2.75) is 6.17 Å². The molecule has 0 aromatic heterocycles. The van der Waals surface area contributed by atoms with Crippen molar-refractivity contribution < 1.29 is 14.3 Å². The van der Waals surface area contributed by atoms with Gasteiger partial charge in [-0.25, -0.2) is 0 Å². The number of hydrogen-bond acceptors (Lipinski definition) is 4. The van der Waals surface area contributed by atoms with Crippen LogP contribution in [0.1, 0.15) is 22.1 Å². The molecule has 0 spiro atoms. The topological polar surface area (TPSA) is 59.6 Å². The molecule has 0 aliphatic carbocycles. The predicted molar refractivity (Wildman–Crippen MR) is 77.8 cm³/mol. The largest absolute Gasteiger partial charge is 0.454 e. The fourth-order valence-electron chi connectivity index (χ4n) is 2.53. The molecule has 2 aromatic rings. The molecule has 1 atom stereocenters. The molecule has 6 heteroatoms. The number of para-hydroxylation sites is 1. The lowest BCUT2D eigenvalue weighted by atomic mass is 10.1. The summed E-state index contributed by atoms with van der Waals surface area (Å²) in [5, 5.41) is 6.64. The summed E-state index contributed by atoms with van der Waals surface area (Å²) in [5.41, 5.74) is 2.23. The van der Waals surface area contributed by atoms with Gasteiger partial charge in [-0.1, -0.05) is 23.7 Å². The van der Waals surface area contributed by atoms with Crippen LogP contribution in [0.2, 0.25) is 5.02 Å². The zero-order valence-corrected chi connectivity index (χ0v) is 11.6. The first-order valence-electron chi connectivity index (χ1n) is 6.48. The Bertz CT molecular complexity index is 748. The summed E-state index contributed by atoms with van der Waals surface area (Å²) < 4.78 is 10.6. The molecule has 4 rings (SSSR count). The van der Waals surface area contributed by atoms with E-state index in [0.29, 0.717) is 22.1 Å². The van der Waals surface area contributed by atoms with Crippen LogP contribution >= 0.6 is 11.6 Å². The van der Waals surface area contributed by atoms with Gasteiger partial charge in [0.25, 0.3) is 5.91 Å². The van der Waals surface area contributed by atoms with Crippen molar-refractivity contribution in [1.29, 1.82) is 0 Å². The van der Waals surface area contributed by atoms with Crippen LogP contribution in [0.15, 0.2) is 36.4 Å². The number of carbonyl (C=O) groups excluding carboxylic acids is 1. The minimum absolute atomic E-state index is 0.122. The minimum Gasteiger partial charge on any atom is -0.454 e. The number of ether oxygens (including phenoxy) is 2. The molecular weight excluding hydrogens is 292 g/mol. The molecule has 2 heterocycles. The van der Waals surface area contributed by atoms with Gasteiger partial charge in [0, 0.05) is 5.69 Å². The molecule has 2 N–H and O–H groups in total. The van der Waals surface area contributed by atoms with Crippen molar-refractivity contribution in [2.24, 2.45) is 0 Å². The van der Waals surface area contributed by atoms with Crippen molar-refractivity contribution in [3.8, 4) is 11.5 Å². The molecule has 0 bridgehead atoms. The third-order valence-electron chi connectivity index (χ3n) is 3.53. The highest BCUT2D eigenvalue weighted by Crippen LogP contribution is 2.41. The molecule has 106 valence electrons. The lowest BCUT2D eigenvalue weighted by Crippen LogP contribution is -2.38. The molecule has 1 amide bonds. The molecule has 2 aliphatic heterocycles. The van der Waals surface area contributed by atoms with E-state index in [1.54, 1.807) is 12.1 Å². The molecule has 2 aromatic carbocycles. The number of amides is 1. The van der Waals surface area contributed by atoms with E-state index >= 15 is 0 Å². The molecule has 0 unspecified atom stereocenters. The Morgan fingerprint density at radius 1 is 1.14 bits per heavy atom. The number of fused-ring (bicyclic) bond motifs is 2. The molecular formula is C15H11ClN2O3. The highest BCUT2D eigenvalue weighted by Gasteiger charge is 2.27. The van der Waals surface area contributed by atoms with Crippen molar-refractivity contribution in [3.63, 3.8) is 0 Å². The van der Waals surface area contributed by atoms with Gasteiger partial charge < -0.3 is 20.1 Å². The summed E-state index contributed by atoms with van der Waals surface area (Å²) in [4.78, 5) is 12.1. The van der Waals surface area contributed by atoms with Crippen LogP contribution in [0.3, 0.4) is 0 Å². The summed E-state index contributed by atoms with van der Waals surface area (Å²) in [5.74, 6) is 1.01. The van der Waals surface area contributed by atoms with Crippen molar-refractivity contribution in [1.82, 2.24) is 5.32 Å². The minimum atomic E-state index is -0.362. The van der Waals surface area contributed by atoms with Gasteiger partial charge >= 0.3 is 0 Å². The molecule has 21 heavy (non-hydrogen) atoms. The van der Waals surface area contributed by atoms with E-state index in [-0.39, 0.29) is 18.9 Å². The van der Waals surface area contributed by atoms with Crippen LogP contribution < -0.4 is 20.1 Å². The number of carbonyl (C=O) groups is 1. The summed E-state index contributed by atoms with van der Waals surface area (Å²) in [6.07, 6.45) is -0.362.